The molecule has 0 saturated carbocycles. The van der Waals surface area contributed by atoms with Crippen molar-refractivity contribution in [2.45, 2.75) is 34.0 Å². The van der Waals surface area contributed by atoms with E-state index in [1.54, 1.807) is 20.8 Å². The fraction of sp³-hybridized carbons (Fsp3) is 1.00. The van der Waals surface area contributed by atoms with Gasteiger partial charge in [-0.1, -0.05) is 34.0 Å². The van der Waals surface area contributed by atoms with Crippen LogP contribution in [0.15, 0.2) is 0 Å². The molecule has 0 nitrogen and oxygen atoms in total. The van der Waals surface area contributed by atoms with E-state index in [1.165, 1.54) is 0 Å². The van der Waals surface area contributed by atoms with Crippen molar-refractivity contribution in [2.75, 3.05) is 0 Å². The lowest BCUT2D eigenvalue weighted by atomic mass is 9.94. The maximum absolute atomic E-state index is 7.33. The van der Waals surface area contributed by atoms with Crippen LogP contribution >= 0.6 is 0 Å². The molecule has 0 saturated heterocycles. The first-order chi connectivity index (χ1) is 4.50. The maximum atomic E-state index is 7.33. The summed E-state index contributed by atoms with van der Waals surface area (Å²) in [6.45, 7) is 2.21. The van der Waals surface area contributed by atoms with Gasteiger partial charge in [0.2, 0.25) is 0 Å². The van der Waals surface area contributed by atoms with Gasteiger partial charge in [0.05, 0.1) is 0 Å². The first kappa shape index (κ1) is 1.50. The van der Waals surface area contributed by atoms with Crippen LogP contribution in [0.4, 0.5) is 0 Å². The van der Waals surface area contributed by atoms with Gasteiger partial charge in [-0.2, -0.15) is 0 Å². The van der Waals surface area contributed by atoms with Gasteiger partial charge in [-0.15, -0.1) is 0 Å². The summed E-state index contributed by atoms with van der Waals surface area (Å²) in [4.78, 5) is 0. The van der Waals surface area contributed by atoms with E-state index in [1.807, 2.05) is 0 Å². The van der Waals surface area contributed by atoms with Crippen LogP contribution < -0.4 is 0 Å². The summed E-state index contributed by atoms with van der Waals surface area (Å²) in [5, 5.41) is 0. The van der Waals surface area contributed by atoms with Gasteiger partial charge in [-0.25, -0.2) is 0 Å². The molecule has 0 aromatic rings. The van der Waals surface area contributed by atoms with Crippen LogP contribution in [0, 0.1) is 5.41 Å². The number of rotatable bonds is 0. The van der Waals surface area contributed by atoms with Gasteiger partial charge in [-0.3, -0.25) is 0 Å². The van der Waals surface area contributed by atoms with Gasteiger partial charge in [0.15, 0.2) is 0 Å². The van der Waals surface area contributed by atoms with Gasteiger partial charge in [0.25, 0.3) is 0 Å². The summed E-state index contributed by atoms with van der Waals surface area (Å²) < 4.78 is 35.5. The minimum atomic E-state index is -2.54. The fourth-order valence-corrected chi connectivity index (χ4v) is 0. The molecule has 0 unspecified atom stereocenters. The van der Waals surface area contributed by atoms with E-state index >= 15 is 0 Å². The third kappa shape index (κ3) is 4.00. The molecule has 0 aliphatic rings. The molecule has 0 rings (SSSR count). The zero-order valence-corrected chi connectivity index (χ0v) is 4.50. The van der Waals surface area contributed by atoms with Crippen molar-refractivity contribution >= 4 is 0 Å². The topological polar surface area (TPSA) is 0 Å². The zero-order valence-electron chi connectivity index (χ0n) is 9.50. The van der Waals surface area contributed by atoms with Gasteiger partial charge in [0.1, 0.15) is 0 Å². The van der Waals surface area contributed by atoms with Crippen LogP contribution in [0.5, 0.6) is 0 Å². The summed E-state index contributed by atoms with van der Waals surface area (Å²) in [6, 6.07) is 0. The van der Waals surface area contributed by atoms with Crippen molar-refractivity contribution in [3.8, 4) is 0 Å². The van der Waals surface area contributed by atoms with Crippen LogP contribution in [0.2, 0.25) is 0 Å². The highest BCUT2D eigenvalue weighted by Crippen LogP contribution is 2.16. The Kier molecular flexibility index (Phi) is 0.408. The van der Waals surface area contributed by atoms with E-state index in [0.717, 1.165) is 0 Å². The van der Waals surface area contributed by atoms with Gasteiger partial charge >= 0.3 is 0 Å². The van der Waals surface area contributed by atoms with Crippen LogP contribution in [0.1, 0.15) is 40.8 Å². The smallest absolute Gasteiger partial charge is 0.0269 e. The third-order valence-corrected chi connectivity index (χ3v) is 0.375. The van der Waals surface area contributed by atoms with Crippen molar-refractivity contribution in [3.63, 3.8) is 0 Å². The highest BCUT2D eigenvalue weighted by molar-refractivity contribution is 4.55. The van der Waals surface area contributed by atoms with Crippen LogP contribution in [0.3, 0.4) is 0 Å². The van der Waals surface area contributed by atoms with Gasteiger partial charge < -0.3 is 0 Å². The van der Waals surface area contributed by atoms with Crippen LogP contribution in [-0.2, 0) is 0 Å². The Bertz CT molecular complexity index is 122. The fourth-order valence-electron chi connectivity index (χ4n) is 0. The molecule has 0 aliphatic carbocycles. The first-order valence-electron chi connectivity index (χ1n) is 4.50. The molecule has 0 heterocycles. The normalized spacial score (nSPS) is 28.8. The van der Waals surface area contributed by atoms with Crippen molar-refractivity contribution < 1.29 is 6.85 Å². The summed E-state index contributed by atoms with van der Waals surface area (Å²) >= 11 is 0. The largest absolute Gasteiger partial charge is 0.0649 e. The molecular weight excluding hydrogens is 72.1 g/mol. The van der Waals surface area contributed by atoms with E-state index in [-0.39, 0.29) is 0 Å². The second-order valence-corrected chi connectivity index (χ2v) is 2.38. The van der Waals surface area contributed by atoms with Crippen molar-refractivity contribution in [3.05, 3.63) is 0 Å². The van der Waals surface area contributed by atoms with Crippen molar-refractivity contribution in [1.82, 2.24) is 0 Å². The molecule has 0 N–H and O–H groups in total. The summed E-state index contributed by atoms with van der Waals surface area (Å²) in [7, 11) is 0. The minimum absolute atomic E-state index is 0.849. The quantitative estimate of drug-likeness (QED) is 0.429. The monoisotopic (exact) mass is 91.1 g/mol. The Morgan fingerprint density at radius 1 is 1.67 bits per heavy atom. The number of hydrogen-bond acceptors (Lipinski definition) is 0. The summed E-state index contributed by atoms with van der Waals surface area (Å²) in [6.07, 6.45) is -2.13. The number of hydrogen-bond donors (Lipinski definition) is 0. The van der Waals surface area contributed by atoms with E-state index in [9.17, 15) is 0 Å². The second kappa shape index (κ2) is 1.63. The lowest BCUT2D eigenvalue weighted by Gasteiger charge is -2.12. The predicted octanol–water partition coefficient (Wildman–Crippen LogP) is 2.44. The molecule has 0 aromatic carbocycles. The molecule has 0 fully saturated rings. The van der Waals surface area contributed by atoms with E-state index in [4.69, 9.17) is 6.85 Å². The molecule has 0 radical (unpaired) electrons. The third-order valence-electron chi connectivity index (χ3n) is 0.375. The summed E-state index contributed by atoms with van der Waals surface area (Å²) in [5.41, 5.74) is -0.849. The van der Waals surface area contributed by atoms with E-state index < -0.39 is 18.6 Å². The standard InChI is InChI=1S/C6H14/c1-5-6(2,3)4/h5H2,1-4H3/i1D3,5D2. The van der Waals surface area contributed by atoms with Crippen LogP contribution in [0.25, 0.3) is 0 Å². The SMILES string of the molecule is [2H]C([2H])([2H])C([2H])([2H])C(C)(C)C. The molecule has 0 aliphatic heterocycles. The molecular formula is C6H14. The predicted molar refractivity (Wildman–Crippen MR) is 29.7 cm³/mol. The molecule has 6 heavy (non-hydrogen) atoms. The zero-order chi connectivity index (χ0) is 9.50. The average Bonchev–Trinajstić information content (AvgIpc) is 1.58. The highest BCUT2D eigenvalue weighted by Gasteiger charge is 2.03. The second-order valence-electron chi connectivity index (χ2n) is 2.38. The van der Waals surface area contributed by atoms with Gasteiger partial charge in [-0.05, 0) is 5.41 Å². The van der Waals surface area contributed by atoms with Gasteiger partial charge in [0, 0.05) is 6.85 Å². The Hall–Kier alpha value is 0. The Balaban J connectivity index is 4.75. The molecule has 0 atom stereocenters. The first-order valence-corrected chi connectivity index (χ1v) is 2.00. The molecule has 0 heteroatoms. The Morgan fingerprint density at radius 3 is 2.17 bits per heavy atom. The minimum Gasteiger partial charge on any atom is -0.0649 e. The Labute approximate surface area is 47.6 Å². The summed E-state index contributed by atoms with van der Waals surface area (Å²) in [5.74, 6) is 0. The van der Waals surface area contributed by atoms with E-state index in [2.05, 4.69) is 0 Å². The van der Waals surface area contributed by atoms with Crippen molar-refractivity contribution in [1.29, 1.82) is 0 Å². The lowest BCUT2D eigenvalue weighted by Crippen LogP contribution is -2.00. The van der Waals surface area contributed by atoms with E-state index in [0.29, 0.717) is 0 Å². The highest BCUT2D eigenvalue weighted by atomic mass is 14.1. The van der Waals surface area contributed by atoms with Crippen molar-refractivity contribution in [2.24, 2.45) is 5.41 Å². The van der Waals surface area contributed by atoms with Crippen LogP contribution in [-0.4, -0.2) is 0 Å². The molecule has 0 amide bonds. The molecule has 0 bridgehead atoms. The molecule has 0 spiro atoms. The Morgan fingerprint density at radius 2 is 2.17 bits per heavy atom. The maximum Gasteiger partial charge on any atom is 0.0269 e. The lowest BCUT2D eigenvalue weighted by molar-refractivity contribution is 0.398. The average molecular weight is 91.2 g/mol. The molecule has 0 aromatic heterocycles. The molecule has 38 valence electrons.